The summed E-state index contributed by atoms with van der Waals surface area (Å²) in [4.78, 5) is 0. The van der Waals surface area contributed by atoms with Crippen LogP contribution in [0.4, 0.5) is 0 Å². The van der Waals surface area contributed by atoms with Crippen molar-refractivity contribution in [3.8, 4) is 5.75 Å². The maximum Gasteiger partial charge on any atom is 0.123 e. The Hall–Kier alpha value is -1.10. The number of ether oxygens (including phenoxy) is 2. The third-order valence-electron chi connectivity index (χ3n) is 3.23. The average Bonchev–Trinajstić information content (AvgIpc) is 2.39. The lowest BCUT2D eigenvalue weighted by molar-refractivity contribution is 0.106. The summed E-state index contributed by atoms with van der Waals surface area (Å²) >= 11 is 0. The van der Waals surface area contributed by atoms with E-state index in [2.05, 4.69) is 25.3 Å². The molecule has 3 N–H and O–H groups in total. The first-order valence-electron chi connectivity index (χ1n) is 6.25. The molecule has 0 aromatic heterocycles. The molecule has 18 heavy (non-hydrogen) atoms. The molecule has 1 rings (SSSR count). The van der Waals surface area contributed by atoms with E-state index < -0.39 is 0 Å². The minimum atomic E-state index is 0.0810. The molecule has 0 heterocycles. The number of methoxy groups -OCH3 is 2. The molecule has 0 radical (unpaired) electrons. The van der Waals surface area contributed by atoms with Crippen LogP contribution in [0, 0.1) is 6.92 Å². The second-order valence-corrected chi connectivity index (χ2v) is 4.59. The van der Waals surface area contributed by atoms with Gasteiger partial charge in [-0.2, -0.15) is 0 Å². The van der Waals surface area contributed by atoms with Gasteiger partial charge in [-0.1, -0.05) is 17.7 Å². The van der Waals surface area contributed by atoms with Gasteiger partial charge in [0.15, 0.2) is 0 Å². The van der Waals surface area contributed by atoms with E-state index in [0.717, 1.165) is 24.2 Å². The van der Waals surface area contributed by atoms with Crippen LogP contribution in [0.3, 0.4) is 0 Å². The molecular formula is C14H24N2O2. The van der Waals surface area contributed by atoms with Crippen molar-refractivity contribution in [2.45, 2.75) is 38.8 Å². The Labute approximate surface area is 109 Å². The van der Waals surface area contributed by atoms with Crippen molar-refractivity contribution in [2.75, 3.05) is 14.2 Å². The monoisotopic (exact) mass is 252 g/mol. The van der Waals surface area contributed by atoms with E-state index in [1.54, 1.807) is 14.2 Å². The SMILES string of the molecule is COc1ccc(C)cc1C(CCC(C)OC)NN. The van der Waals surface area contributed by atoms with Crippen molar-refractivity contribution in [1.29, 1.82) is 0 Å². The Morgan fingerprint density at radius 1 is 1.28 bits per heavy atom. The molecule has 4 heteroatoms. The highest BCUT2D eigenvalue weighted by Crippen LogP contribution is 2.29. The van der Waals surface area contributed by atoms with Gasteiger partial charge in [0.2, 0.25) is 0 Å². The van der Waals surface area contributed by atoms with Crippen LogP contribution in [0.25, 0.3) is 0 Å². The third kappa shape index (κ3) is 3.98. The van der Waals surface area contributed by atoms with E-state index >= 15 is 0 Å². The maximum absolute atomic E-state index is 5.66. The predicted octanol–water partition coefficient (Wildman–Crippen LogP) is 2.32. The van der Waals surface area contributed by atoms with Gasteiger partial charge in [0, 0.05) is 18.7 Å². The third-order valence-corrected chi connectivity index (χ3v) is 3.23. The van der Waals surface area contributed by atoms with E-state index in [1.807, 2.05) is 12.1 Å². The fourth-order valence-electron chi connectivity index (χ4n) is 1.97. The Bertz CT molecular complexity index is 369. The van der Waals surface area contributed by atoms with Crippen LogP contribution >= 0.6 is 0 Å². The molecule has 4 nitrogen and oxygen atoms in total. The molecule has 0 spiro atoms. The van der Waals surface area contributed by atoms with Crippen LogP contribution < -0.4 is 16.0 Å². The van der Waals surface area contributed by atoms with Gasteiger partial charge in [0.1, 0.15) is 5.75 Å². The zero-order valence-corrected chi connectivity index (χ0v) is 11.7. The smallest absolute Gasteiger partial charge is 0.123 e. The second-order valence-electron chi connectivity index (χ2n) is 4.59. The zero-order valence-electron chi connectivity index (χ0n) is 11.7. The van der Waals surface area contributed by atoms with Crippen LogP contribution in [0.5, 0.6) is 5.75 Å². The van der Waals surface area contributed by atoms with Gasteiger partial charge in [-0.3, -0.25) is 11.3 Å². The van der Waals surface area contributed by atoms with Crippen molar-refractivity contribution in [3.05, 3.63) is 29.3 Å². The first-order valence-corrected chi connectivity index (χ1v) is 6.25. The quantitative estimate of drug-likeness (QED) is 0.577. The highest BCUT2D eigenvalue weighted by molar-refractivity contribution is 5.39. The molecule has 2 atom stereocenters. The highest BCUT2D eigenvalue weighted by Gasteiger charge is 2.16. The fourth-order valence-corrected chi connectivity index (χ4v) is 1.97. The number of rotatable bonds is 7. The molecule has 0 saturated carbocycles. The van der Waals surface area contributed by atoms with Gasteiger partial charge in [-0.25, -0.2) is 0 Å². The van der Waals surface area contributed by atoms with Crippen LogP contribution in [-0.2, 0) is 4.74 Å². The highest BCUT2D eigenvalue weighted by atomic mass is 16.5. The van der Waals surface area contributed by atoms with E-state index in [9.17, 15) is 0 Å². The summed E-state index contributed by atoms with van der Waals surface area (Å²) in [5, 5.41) is 0. The molecular weight excluding hydrogens is 228 g/mol. The lowest BCUT2D eigenvalue weighted by Gasteiger charge is -2.21. The number of aryl methyl sites for hydroxylation is 1. The number of hydrogen-bond acceptors (Lipinski definition) is 4. The molecule has 0 saturated heterocycles. The van der Waals surface area contributed by atoms with Gasteiger partial charge >= 0.3 is 0 Å². The van der Waals surface area contributed by atoms with E-state index in [1.165, 1.54) is 5.56 Å². The predicted molar refractivity (Wildman–Crippen MR) is 73.5 cm³/mol. The standard InChI is InChI=1S/C14H24N2O2/c1-10-5-8-14(18-4)12(9-10)13(16-15)7-6-11(2)17-3/h5,8-9,11,13,16H,6-7,15H2,1-4H3. The number of nitrogens with two attached hydrogens (primary N) is 1. The second kappa shape index (κ2) is 7.36. The molecule has 0 aliphatic rings. The van der Waals surface area contributed by atoms with Gasteiger partial charge in [-0.15, -0.1) is 0 Å². The summed E-state index contributed by atoms with van der Waals surface area (Å²) < 4.78 is 10.7. The van der Waals surface area contributed by atoms with Crippen molar-refractivity contribution in [1.82, 2.24) is 5.43 Å². The van der Waals surface area contributed by atoms with Gasteiger partial charge in [0.25, 0.3) is 0 Å². The number of hydrogen-bond donors (Lipinski definition) is 2. The lowest BCUT2D eigenvalue weighted by Crippen LogP contribution is -2.29. The first-order chi connectivity index (χ1) is 8.62. The van der Waals surface area contributed by atoms with Crippen molar-refractivity contribution in [3.63, 3.8) is 0 Å². The minimum Gasteiger partial charge on any atom is -0.496 e. The van der Waals surface area contributed by atoms with Crippen molar-refractivity contribution in [2.24, 2.45) is 5.84 Å². The Balaban J connectivity index is 2.83. The zero-order chi connectivity index (χ0) is 13.5. The van der Waals surface area contributed by atoms with Crippen LogP contribution in [0.15, 0.2) is 18.2 Å². The Morgan fingerprint density at radius 2 is 2.00 bits per heavy atom. The molecule has 0 aliphatic carbocycles. The maximum atomic E-state index is 5.66. The summed E-state index contributed by atoms with van der Waals surface area (Å²) in [5.41, 5.74) is 5.16. The topological polar surface area (TPSA) is 56.5 Å². The summed E-state index contributed by atoms with van der Waals surface area (Å²) in [6, 6.07) is 6.21. The van der Waals surface area contributed by atoms with E-state index in [0.29, 0.717) is 0 Å². The molecule has 0 bridgehead atoms. The van der Waals surface area contributed by atoms with Crippen LogP contribution in [0.1, 0.15) is 36.9 Å². The molecule has 102 valence electrons. The van der Waals surface area contributed by atoms with Crippen molar-refractivity contribution >= 4 is 0 Å². The number of benzene rings is 1. The van der Waals surface area contributed by atoms with E-state index in [4.69, 9.17) is 15.3 Å². The van der Waals surface area contributed by atoms with Gasteiger partial charge < -0.3 is 9.47 Å². The van der Waals surface area contributed by atoms with Crippen molar-refractivity contribution < 1.29 is 9.47 Å². The molecule has 1 aromatic carbocycles. The minimum absolute atomic E-state index is 0.0810. The normalized spacial score (nSPS) is 14.3. The molecule has 0 fully saturated rings. The first kappa shape index (κ1) is 15.0. The summed E-state index contributed by atoms with van der Waals surface area (Å²) in [6.07, 6.45) is 2.09. The number of nitrogens with one attached hydrogen (secondary N) is 1. The Morgan fingerprint density at radius 3 is 2.56 bits per heavy atom. The summed E-state index contributed by atoms with van der Waals surface area (Å²) in [6.45, 7) is 4.12. The average molecular weight is 252 g/mol. The summed E-state index contributed by atoms with van der Waals surface area (Å²) in [5.74, 6) is 6.53. The van der Waals surface area contributed by atoms with Crippen LogP contribution in [-0.4, -0.2) is 20.3 Å². The molecule has 0 amide bonds. The van der Waals surface area contributed by atoms with Gasteiger partial charge in [0.05, 0.1) is 13.2 Å². The largest absolute Gasteiger partial charge is 0.496 e. The molecule has 0 aliphatic heterocycles. The summed E-state index contributed by atoms with van der Waals surface area (Å²) in [7, 11) is 3.41. The fraction of sp³-hybridized carbons (Fsp3) is 0.571. The van der Waals surface area contributed by atoms with Crippen LogP contribution in [0.2, 0.25) is 0 Å². The molecule has 2 unspecified atom stereocenters. The Kier molecular flexibility index (Phi) is 6.12. The lowest BCUT2D eigenvalue weighted by atomic mass is 9.98. The van der Waals surface area contributed by atoms with Gasteiger partial charge in [-0.05, 0) is 32.8 Å². The van der Waals surface area contributed by atoms with E-state index in [-0.39, 0.29) is 12.1 Å². The number of hydrazine groups is 1. The molecule has 1 aromatic rings.